The van der Waals surface area contributed by atoms with E-state index >= 15 is 0 Å². The van der Waals surface area contributed by atoms with Crippen LogP contribution in [0.25, 0.3) is 11.2 Å². The number of nitrogens with two attached hydrogens (primary N) is 2. The van der Waals surface area contributed by atoms with Gasteiger partial charge in [0.25, 0.3) is 0 Å². The van der Waals surface area contributed by atoms with E-state index in [2.05, 4.69) is 33.7 Å². The van der Waals surface area contributed by atoms with Gasteiger partial charge in [-0.15, -0.1) is 0 Å². The van der Waals surface area contributed by atoms with Gasteiger partial charge in [-0.05, 0) is 26.2 Å². The molecule has 150 valence electrons. The molecule has 2 aliphatic rings. The van der Waals surface area contributed by atoms with Crippen molar-refractivity contribution in [3.63, 3.8) is 0 Å². The summed E-state index contributed by atoms with van der Waals surface area (Å²) < 4.78 is 20.0. The third-order valence-electron chi connectivity index (χ3n) is 4.94. The van der Waals surface area contributed by atoms with Gasteiger partial charge in [0, 0.05) is 13.0 Å². The highest BCUT2D eigenvalue weighted by atomic mass is 16.8. The maximum atomic E-state index is 6.13. The number of unbranched alkanes of at least 4 members (excludes halogenated alkanes) is 2. The molecule has 2 aromatic rings. The highest BCUT2D eigenvalue weighted by molar-refractivity contribution is 5.82. The van der Waals surface area contributed by atoms with Gasteiger partial charge >= 0.3 is 0 Å². The molecule has 2 saturated heterocycles. The Morgan fingerprint density at radius 2 is 2.04 bits per heavy atom. The van der Waals surface area contributed by atoms with Gasteiger partial charge in [0.05, 0.1) is 6.33 Å². The molecule has 4 rings (SSSR count). The van der Waals surface area contributed by atoms with Crippen molar-refractivity contribution in [3.8, 4) is 11.8 Å². The first kappa shape index (κ1) is 19.1. The van der Waals surface area contributed by atoms with Crippen molar-refractivity contribution < 1.29 is 14.2 Å². The van der Waals surface area contributed by atoms with Crippen LogP contribution in [0.4, 0.5) is 5.82 Å². The fourth-order valence-corrected chi connectivity index (χ4v) is 3.66. The Morgan fingerprint density at radius 3 is 2.79 bits per heavy atom. The molecule has 0 saturated carbocycles. The van der Waals surface area contributed by atoms with Crippen molar-refractivity contribution in [2.75, 3.05) is 12.3 Å². The zero-order chi connectivity index (χ0) is 19.9. The molecule has 0 aromatic carbocycles. The van der Waals surface area contributed by atoms with E-state index < -0.39 is 12.0 Å². The van der Waals surface area contributed by atoms with Gasteiger partial charge in [-0.3, -0.25) is 4.57 Å². The molecule has 4 atom stereocenters. The number of aromatic nitrogens is 4. The first-order valence-electron chi connectivity index (χ1n) is 9.63. The van der Waals surface area contributed by atoms with Crippen LogP contribution in [0.1, 0.15) is 52.1 Å². The zero-order valence-electron chi connectivity index (χ0n) is 16.4. The first-order valence-corrected chi connectivity index (χ1v) is 9.63. The van der Waals surface area contributed by atoms with Crippen molar-refractivity contribution >= 4 is 17.0 Å². The van der Waals surface area contributed by atoms with E-state index in [9.17, 15) is 0 Å². The van der Waals surface area contributed by atoms with Crippen LogP contribution >= 0.6 is 0 Å². The number of rotatable bonds is 4. The lowest BCUT2D eigenvalue weighted by atomic mass is 10.1. The van der Waals surface area contributed by atoms with E-state index in [1.54, 1.807) is 6.33 Å². The SMILES string of the molecule is CCCCC#Cc1nc(N)c2ncn([C@@H]3O[C@H](CN)[C@H]4OC(C)(C)O[C@H]43)c2n1. The van der Waals surface area contributed by atoms with Crippen LogP contribution in [0.2, 0.25) is 0 Å². The van der Waals surface area contributed by atoms with Crippen LogP contribution in [0, 0.1) is 11.8 Å². The quantitative estimate of drug-likeness (QED) is 0.596. The Bertz CT molecular complexity index is 931. The lowest BCUT2D eigenvalue weighted by molar-refractivity contribution is -0.195. The maximum Gasteiger partial charge on any atom is 0.208 e. The summed E-state index contributed by atoms with van der Waals surface area (Å²) >= 11 is 0. The molecular weight excluding hydrogens is 360 g/mol. The number of hydrogen-bond donors (Lipinski definition) is 2. The summed E-state index contributed by atoms with van der Waals surface area (Å²) in [6.07, 6.45) is 3.24. The molecular formula is C19H26N6O3. The second-order valence-electron chi connectivity index (χ2n) is 7.53. The number of imidazole rings is 1. The molecule has 0 unspecified atom stereocenters. The smallest absolute Gasteiger partial charge is 0.208 e. The van der Waals surface area contributed by atoms with Crippen LogP contribution in [-0.4, -0.2) is 50.2 Å². The highest BCUT2D eigenvalue weighted by Crippen LogP contribution is 2.43. The summed E-state index contributed by atoms with van der Waals surface area (Å²) in [5.41, 5.74) is 13.0. The second kappa shape index (κ2) is 7.29. The third kappa shape index (κ3) is 3.33. The van der Waals surface area contributed by atoms with Crippen molar-refractivity contribution in [1.82, 2.24) is 19.5 Å². The van der Waals surface area contributed by atoms with E-state index in [1.165, 1.54) is 0 Å². The van der Waals surface area contributed by atoms with Gasteiger partial charge in [0.1, 0.15) is 23.8 Å². The summed E-state index contributed by atoms with van der Waals surface area (Å²) in [5, 5.41) is 0. The van der Waals surface area contributed by atoms with Crippen LogP contribution in [0.5, 0.6) is 0 Å². The van der Waals surface area contributed by atoms with E-state index in [-0.39, 0.29) is 24.1 Å². The largest absolute Gasteiger partial charge is 0.382 e. The molecule has 28 heavy (non-hydrogen) atoms. The van der Waals surface area contributed by atoms with Gasteiger partial charge in [0.15, 0.2) is 23.5 Å². The van der Waals surface area contributed by atoms with E-state index in [1.807, 2.05) is 18.4 Å². The molecule has 0 spiro atoms. The fraction of sp³-hybridized carbons (Fsp3) is 0.632. The standard InChI is InChI=1S/C19H26N6O3/c1-4-5-6-7-8-12-23-16(21)13-17(24-12)25(10-22-13)18-15-14(11(9-20)26-18)27-19(2,3)28-15/h10-11,14-15,18H,4-6,9,20H2,1-3H3,(H2,21,23,24)/t11-,14-,15-,18-/m1/s1. The Kier molecular flexibility index (Phi) is 4.97. The predicted molar refractivity (Wildman–Crippen MR) is 103 cm³/mol. The lowest BCUT2D eigenvalue weighted by Gasteiger charge is -2.24. The molecule has 2 fully saturated rings. The average Bonchev–Trinajstić information content (AvgIpc) is 3.29. The summed E-state index contributed by atoms with van der Waals surface area (Å²) in [6, 6.07) is 0. The third-order valence-corrected chi connectivity index (χ3v) is 4.94. The normalized spacial score (nSPS) is 28.3. The number of fused-ring (bicyclic) bond motifs is 2. The lowest BCUT2D eigenvalue weighted by Crippen LogP contribution is -2.34. The fourth-order valence-electron chi connectivity index (χ4n) is 3.66. The molecule has 4 N–H and O–H groups in total. The van der Waals surface area contributed by atoms with Crippen molar-refractivity contribution in [1.29, 1.82) is 0 Å². The van der Waals surface area contributed by atoms with Crippen LogP contribution in [0.15, 0.2) is 6.33 Å². The molecule has 0 bridgehead atoms. The minimum atomic E-state index is -0.703. The van der Waals surface area contributed by atoms with Crippen LogP contribution in [-0.2, 0) is 14.2 Å². The Morgan fingerprint density at radius 1 is 1.25 bits per heavy atom. The zero-order valence-corrected chi connectivity index (χ0v) is 16.4. The minimum Gasteiger partial charge on any atom is -0.382 e. The van der Waals surface area contributed by atoms with Gasteiger partial charge in [-0.2, -0.15) is 0 Å². The summed E-state index contributed by atoms with van der Waals surface area (Å²) in [7, 11) is 0. The van der Waals surface area contributed by atoms with E-state index in [0.717, 1.165) is 19.3 Å². The van der Waals surface area contributed by atoms with Gasteiger partial charge in [-0.25, -0.2) is 15.0 Å². The first-order chi connectivity index (χ1) is 13.4. The van der Waals surface area contributed by atoms with Gasteiger partial charge in [-0.1, -0.05) is 19.3 Å². The number of nitrogen functional groups attached to an aromatic ring is 1. The minimum absolute atomic E-state index is 0.255. The average molecular weight is 386 g/mol. The Labute approximate surface area is 163 Å². The summed E-state index contributed by atoms with van der Waals surface area (Å²) in [5.74, 6) is 6.03. The van der Waals surface area contributed by atoms with Crippen molar-refractivity contribution in [2.24, 2.45) is 5.73 Å². The molecule has 9 heteroatoms. The molecule has 2 aromatic heterocycles. The second-order valence-corrected chi connectivity index (χ2v) is 7.53. The highest BCUT2D eigenvalue weighted by Gasteiger charge is 2.55. The maximum absolute atomic E-state index is 6.13. The van der Waals surface area contributed by atoms with E-state index in [0.29, 0.717) is 23.5 Å². The molecule has 0 amide bonds. The molecule has 0 radical (unpaired) electrons. The number of anilines is 1. The van der Waals surface area contributed by atoms with E-state index in [4.69, 9.17) is 25.7 Å². The summed E-state index contributed by atoms with van der Waals surface area (Å²) in [6.45, 7) is 6.22. The molecule has 0 aliphatic carbocycles. The van der Waals surface area contributed by atoms with Gasteiger partial charge < -0.3 is 25.7 Å². The monoisotopic (exact) mass is 386 g/mol. The number of nitrogens with zero attached hydrogens (tertiary/aromatic N) is 4. The topological polar surface area (TPSA) is 123 Å². The number of ether oxygens (including phenoxy) is 3. The van der Waals surface area contributed by atoms with Crippen molar-refractivity contribution in [3.05, 3.63) is 12.2 Å². The molecule has 4 heterocycles. The number of hydrogen-bond acceptors (Lipinski definition) is 8. The predicted octanol–water partition coefficient (Wildman–Crippen LogP) is 1.33. The summed E-state index contributed by atoms with van der Waals surface area (Å²) in [4.78, 5) is 13.2. The van der Waals surface area contributed by atoms with Crippen molar-refractivity contribution in [2.45, 2.75) is 70.4 Å². The molecule has 2 aliphatic heterocycles. The molecule has 9 nitrogen and oxygen atoms in total. The Balaban J connectivity index is 1.70. The Hall–Kier alpha value is -2.25. The van der Waals surface area contributed by atoms with Gasteiger partial charge in [0.2, 0.25) is 5.82 Å². The van der Waals surface area contributed by atoms with Crippen LogP contribution in [0.3, 0.4) is 0 Å². The van der Waals surface area contributed by atoms with Crippen LogP contribution < -0.4 is 11.5 Å².